The lowest BCUT2D eigenvalue weighted by molar-refractivity contribution is -0.113. The Morgan fingerprint density at radius 2 is 2.08 bits per heavy atom. The van der Waals surface area contributed by atoms with Gasteiger partial charge >= 0.3 is 0 Å². The van der Waals surface area contributed by atoms with Crippen LogP contribution in [0.4, 0.5) is 5.69 Å². The Balaban J connectivity index is 1.61. The van der Waals surface area contributed by atoms with Gasteiger partial charge in [-0.2, -0.15) is 0 Å². The SMILES string of the molecule is Cc1ccc(-c2nnc(SCC(=O)Nc3cccnc3Cl)o2)cc1C. The predicted molar refractivity (Wildman–Crippen MR) is 97.8 cm³/mol. The quantitative estimate of drug-likeness (QED) is 0.534. The van der Waals surface area contributed by atoms with Gasteiger partial charge in [-0.15, -0.1) is 10.2 Å². The third-order valence-electron chi connectivity index (χ3n) is 3.52. The molecule has 0 unspecified atom stereocenters. The van der Waals surface area contributed by atoms with Crippen LogP contribution in [0.25, 0.3) is 11.5 Å². The minimum atomic E-state index is -0.231. The molecule has 0 radical (unpaired) electrons. The first kappa shape index (κ1) is 17.4. The molecule has 1 amide bonds. The van der Waals surface area contributed by atoms with Gasteiger partial charge in [0.2, 0.25) is 11.8 Å². The van der Waals surface area contributed by atoms with Gasteiger partial charge in [-0.3, -0.25) is 4.79 Å². The summed E-state index contributed by atoms with van der Waals surface area (Å²) in [7, 11) is 0. The molecule has 0 spiro atoms. The standard InChI is InChI=1S/C17H15ClN4O2S/c1-10-5-6-12(8-11(10)2)16-21-22-17(24-16)25-9-14(23)20-13-4-3-7-19-15(13)18/h3-8H,9H2,1-2H3,(H,20,23). The largest absolute Gasteiger partial charge is 0.411 e. The van der Waals surface area contributed by atoms with Crippen molar-refractivity contribution in [1.29, 1.82) is 0 Å². The highest BCUT2D eigenvalue weighted by Gasteiger charge is 2.12. The fraction of sp³-hybridized carbons (Fsp3) is 0.176. The fourth-order valence-corrected chi connectivity index (χ4v) is 2.78. The number of carbonyl (C=O) groups excluding carboxylic acids is 1. The molecule has 3 rings (SSSR count). The van der Waals surface area contributed by atoms with Crippen LogP contribution >= 0.6 is 23.4 Å². The number of aryl methyl sites for hydroxylation is 2. The topological polar surface area (TPSA) is 80.9 Å². The van der Waals surface area contributed by atoms with Crippen molar-refractivity contribution >= 4 is 35.0 Å². The zero-order valence-electron chi connectivity index (χ0n) is 13.6. The molecule has 0 saturated heterocycles. The Bertz CT molecular complexity index is 913. The van der Waals surface area contributed by atoms with Crippen LogP contribution in [0.3, 0.4) is 0 Å². The van der Waals surface area contributed by atoms with Gasteiger partial charge in [-0.1, -0.05) is 29.4 Å². The Morgan fingerprint density at radius 3 is 2.84 bits per heavy atom. The molecule has 2 heterocycles. The number of hydrogen-bond donors (Lipinski definition) is 1. The molecule has 0 atom stereocenters. The molecule has 0 saturated carbocycles. The first-order valence-corrected chi connectivity index (χ1v) is 8.83. The number of halogens is 1. The molecular weight excluding hydrogens is 360 g/mol. The smallest absolute Gasteiger partial charge is 0.277 e. The third kappa shape index (κ3) is 4.37. The van der Waals surface area contributed by atoms with Crippen LogP contribution in [0, 0.1) is 13.8 Å². The Kier molecular flexibility index (Phi) is 5.35. The van der Waals surface area contributed by atoms with E-state index in [2.05, 4.69) is 20.5 Å². The lowest BCUT2D eigenvalue weighted by Gasteiger charge is -2.04. The average molecular weight is 375 g/mol. The summed E-state index contributed by atoms with van der Waals surface area (Å²) in [6, 6.07) is 9.31. The molecule has 0 aliphatic heterocycles. The lowest BCUT2D eigenvalue weighted by atomic mass is 10.1. The van der Waals surface area contributed by atoms with Crippen molar-refractivity contribution in [3.05, 3.63) is 52.8 Å². The zero-order valence-corrected chi connectivity index (χ0v) is 15.2. The molecule has 3 aromatic rings. The number of nitrogens with zero attached hydrogens (tertiary/aromatic N) is 3. The van der Waals surface area contributed by atoms with Gasteiger partial charge in [0.15, 0.2) is 5.15 Å². The normalized spacial score (nSPS) is 10.7. The van der Waals surface area contributed by atoms with E-state index in [0.29, 0.717) is 16.8 Å². The van der Waals surface area contributed by atoms with E-state index < -0.39 is 0 Å². The number of nitrogens with one attached hydrogen (secondary N) is 1. The lowest BCUT2D eigenvalue weighted by Crippen LogP contribution is -2.14. The highest BCUT2D eigenvalue weighted by molar-refractivity contribution is 7.99. The van der Waals surface area contributed by atoms with Crippen LogP contribution in [-0.2, 0) is 4.79 Å². The maximum atomic E-state index is 12.0. The second kappa shape index (κ2) is 7.67. The van der Waals surface area contributed by atoms with E-state index in [9.17, 15) is 4.79 Å². The highest BCUT2D eigenvalue weighted by atomic mass is 35.5. The fourth-order valence-electron chi connectivity index (χ4n) is 2.05. The summed E-state index contributed by atoms with van der Waals surface area (Å²) >= 11 is 7.07. The van der Waals surface area contributed by atoms with Gasteiger partial charge in [0.25, 0.3) is 5.22 Å². The van der Waals surface area contributed by atoms with Gasteiger partial charge in [0.1, 0.15) is 0 Å². The minimum absolute atomic E-state index is 0.125. The van der Waals surface area contributed by atoms with Crippen molar-refractivity contribution in [2.45, 2.75) is 19.1 Å². The molecule has 0 fully saturated rings. The number of amides is 1. The summed E-state index contributed by atoms with van der Waals surface area (Å²) in [4.78, 5) is 15.9. The van der Waals surface area contributed by atoms with Crippen molar-refractivity contribution < 1.29 is 9.21 Å². The Hall–Kier alpha value is -2.38. The molecular formula is C17H15ClN4O2S. The van der Waals surface area contributed by atoms with Gasteiger partial charge in [-0.05, 0) is 49.2 Å². The van der Waals surface area contributed by atoms with E-state index in [4.69, 9.17) is 16.0 Å². The maximum absolute atomic E-state index is 12.0. The van der Waals surface area contributed by atoms with Gasteiger partial charge in [-0.25, -0.2) is 4.98 Å². The van der Waals surface area contributed by atoms with Crippen LogP contribution in [0.5, 0.6) is 0 Å². The van der Waals surface area contributed by atoms with E-state index >= 15 is 0 Å². The summed E-state index contributed by atoms with van der Waals surface area (Å²) in [5.41, 5.74) is 3.67. The van der Waals surface area contributed by atoms with E-state index in [-0.39, 0.29) is 16.8 Å². The number of pyridine rings is 1. The molecule has 128 valence electrons. The predicted octanol–water partition coefficient (Wildman–Crippen LogP) is 4.13. The van der Waals surface area contributed by atoms with E-state index in [0.717, 1.165) is 22.9 Å². The summed E-state index contributed by atoms with van der Waals surface area (Å²) in [6.45, 7) is 4.07. The van der Waals surface area contributed by atoms with Crippen LogP contribution in [-0.4, -0.2) is 26.8 Å². The maximum Gasteiger partial charge on any atom is 0.277 e. The Morgan fingerprint density at radius 1 is 1.24 bits per heavy atom. The third-order valence-corrected chi connectivity index (χ3v) is 4.64. The van der Waals surface area contributed by atoms with Crippen molar-refractivity contribution in [2.24, 2.45) is 0 Å². The second-order valence-electron chi connectivity index (χ2n) is 5.35. The van der Waals surface area contributed by atoms with E-state index in [1.165, 1.54) is 5.56 Å². The second-order valence-corrected chi connectivity index (χ2v) is 6.64. The number of aromatic nitrogens is 3. The molecule has 2 aromatic heterocycles. The molecule has 1 N–H and O–H groups in total. The van der Waals surface area contributed by atoms with Gasteiger partial charge in [0.05, 0.1) is 11.4 Å². The number of carbonyl (C=O) groups is 1. The number of anilines is 1. The Labute approximate surface area is 154 Å². The van der Waals surface area contributed by atoms with Crippen molar-refractivity contribution in [3.8, 4) is 11.5 Å². The minimum Gasteiger partial charge on any atom is -0.411 e. The summed E-state index contributed by atoms with van der Waals surface area (Å²) in [5, 5.41) is 11.3. The van der Waals surface area contributed by atoms with Crippen LogP contribution in [0.1, 0.15) is 11.1 Å². The summed E-state index contributed by atoms with van der Waals surface area (Å²) < 4.78 is 5.61. The van der Waals surface area contributed by atoms with Crippen molar-refractivity contribution in [1.82, 2.24) is 15.2 Å². The molecule has 0 aliphatic carbocycles. The van der Waals surface area contributed by atoms with Gasteiger partial charge in [0, 0.05) is 11.8 Å². The van der Waals surface area contributed by atoms with Crippen molar-refractivity contribution in [3.63, 3.8) is 0 Å². The first-order valence-electron chi connectivity index (χ1n) is 7.47. The highest BCUT2D eigenvalue weighted by Crippen LogP contribution is 2.25. The average Bonchev–Trinajstić information content (AvgIpc) is 3.07. The molecule has 1 aromatic carbocycles. The molecule has 0 aliphatic rings. The van der Waals surface area contributed by atoms with Crippen LogP contribution in [0.2, 0.25) is 5.15 Å². The number of hydrogen-bond acceptors (Lipinski definition) is 6. The molecule has 0 bridgehead atoms. The number of rotatable bonds is 5. The zero-order chi connectivity index (χ0) is 17.8. The summed E-state index contributed by atoms with van der Waals surface area (Å²) in [6.07, 6.45) is 1.56. The molecule has 25 heavy (non-hydrogen) atoms. The van der Waals surface area contributed by atoms with E-state index in [1.54, 1.807) is 18.3 Å². The molecule has 8 heteroatoms. The van der Waals surface area contributed by atoms with E-state index in [1.807, 2.05) is 32.0 Å². The number of thioether (sulfide) groups is 1. The van der Waals surface area contributed by atoms with Crippen LogP contribution in [0.15, 0.2) is 46.2 Å². The van der Waals surface area contributed by atoms with Crippen LogP contribution < -0.4 is 5.32 Å². The number of benzene rings is 1. The molecule has 6 nitrogen and oxygen atoms in total. The monoisotopic (exact) mass is 374 g/mol. The van der Waals surface area contributed by atoms with Gasteiger partial charge < -0.3 is 9.73 Å². The first-order chi connectivity index (χ1) is 12.0. The summed E-state index contributed by atoms with van der Waals surface area (Å²) in [5.74, 6) is 0.326. The van der Waals surface area contributed by atoms with Crippen molar-refractivity contribution in [2.75, 3.05) is 11.1 Å².